The zero-order valence-corrected chi connectivity index (χ0v) is 10.8. The zero-order valence-electron chi connectivity index (χ0n) is 9.03. The van der Waals surface area contributed by atoms with Gasteiger partial charge in [0.1, 0.15) is 0 Å². The van der Waals surface area contributed by atoms with Crippen LogP contribution >= 0.6 is 11.6 Å². The second kappa shape index (κ2) is 4.33. The second-order valence-electron chi connectivity index (χ2n) is 5.53. The molecule has 0 aromatic heterocycles. The fourth-order valence-corrected chi connectivity index (χ4v) is 5.44. The van der Waals surface area contributed by atoms with Crippen molar-refractivity contribution in [1.29, 1.82) is 0 Å². The van der Waals surface area contributed by atoms with Crippen LogP contribution < -0.4 is 0 Å². The Kier molecular flexibility index (Phi) is 3.84. The van der Waals surface area contributed by atoms with Gasteiger partial charge in [-0.2, -0.15) is 0 Å². The summed E-state index contributed by atoms with van der Waals surface area (Å²) in [6.45, 7) is 9.06. The Labute approximate surface area is 87.8 Å². The highest BCUT2D eigenvalue weighted by Gasteiger charge is 2.36. The number of rotatable bonds is 3. The molecule has 0 aromatic rings. The fraction of sp³-hybridized carbons (Fsp3) is 1.00. The molecule has 1 unspecified atom stereocenters. The van der Waals surface area contributed by atoms with Gasteiger partial charge in [0.05, 0.1) is 6.61 Å². The van der Waals surface area contributed by atoms with E-state index in [-0.39, 0.29) is 0 Å². The fourth-order valence-electron chi connectivity index (χ4n) is 2.33. The van der Waals surface area contributed by atoms with Crippen LogP contribution in [-0.4, -0.2) is 27.2 Å². The van der Waals surface area contributed by atoms with Gasteiger partial charge in [-0.05, 0) is 18.9 Å². The molecule has 0 amide bonds. The van der Waals surface area contributed by atoms with E-state index in [1.165, 1.54) is 18.9 Å². The molecule has 0 N–H and O–H groups in total. The highest BCUT2D eigenvalue weighted by atomic mass is 35.5. The molecule has 1 nitrogen and oxygen atoms in total. The average molecular weight is 221 g/mol. The van der Waals surface area contributed by atoms with E-state index >= 15 is 0 Å². The Morgan fingerprint density at radius 2 is 2.08 bits per heavy atom. The van der Waals surface area contributed by atoms with Crippen molar-refractivity contribution in [2.24, 2.45) is 5.41 Å². The Morgan fingerprint density at radius 3 is 2.46 bits per heavy atom. The van der Waals surface area contributed by atoms with E-state index in [9.17, 15) is 0 Å². The van der Waals surface area contributed by atoms with Crippen LogP contribution in [0.4, 0.5) is 0 Å². The third-order valence-electron chi connectivity index (χ3n) is 2.59. The van der Waals surface area contributed by atoms with Crippen LogP contribution in [0.15, 0.2) is 0 Å². The largest absolute Gasteiger partial charge is 0.381 e. The lowest BCUT2D eigenvalue weighted by atomic mass is 9.87. The van der Waals surface area contributed by atoms with Gasteiger partial charge in [-0.3, -0.25) is 0 Å². The molecule has 0 bridgehead atoms. The van der Waals surface area contributed by atoms with E-state index in [1.54, 1.807) is 0 Å². The molecular weight excluding hydrogens is 200 g/mol. The van der Waals surface area contributed by atoms with E-state index in [0.29, 0.717) is 5.41 Å². The normalized spacial score (nSPS) is 30.5. The second-order valence-corrected chi connectivity index (χ2v) is 11.3. The Bertz CT molecular complexity index is 159. The standard InChI is InChI=1S/C10H21ClOSi/c1-13(2,3)9-10(7-11)5-4-6-12-8-10/h4-9H2,1-3H3. The first-order valence-electron chi connectivity index (χ1n) is 5.11. The van der Waals surface area contributed by atoms with Crippen molar-refractivity contribution in [3.05, 3.63) is 0 Å². The molecule has 1 saturated heterocycles. The van der Waals surface area contributed by atoms with Gasteiger partial charge in [0.2, 0.25) is 0 Å². The third kappa shape index (κ3) is 3.60. The first-order valence-corrected chi connectivity index (χ1v) is 9.35. The van der Waals surface area contributed by atoms with Gasteiger partial charge in [0.15, 0.2) is 0 Å². The minimum absolute atomic E-state index is 0.310. The maximum atomic E-state index is 6.09. The van der Waals surface area contributed by atoms with E-state index in [2.05, 4.69) is 19.6 Å². The summed E-state index contributed by atoms with van der Waals surface area (Å²) in [7, 11) is -1.00. The minimum atomic E-state index is -1.00. The van der Waals surface area contributed by atoms with Gasteiger partial charge in [-0.15, -0.1) is 11.6 Å². The predicted molar refractivity (Wildman–Crippen MR) is 61.4 cm³/mol. The van der Waals surface area contributed by atoms with Crippen molar-refractivity contribution in [3.8, 4) is 0 Å². The van der Waals surface area contributed by atoms with Crippen molar-refractivity contribution < 1.29 is 4.74 Å². The highest BCUT2D eigenvalue weighted by molar-refractivity contribution is 6.76. The van der Waals surface area contributed by atoms with Gasteiger partial charge in [0, 0.05) is 26.0 Å². The molecule has 13 heavy (non-hydrogen) atoms. The number of halogens is 1. The van der Waals surface area contributed by atoms with E-state index in [1.807, 2.05) is 0 Å². The molecule has 0 saturated carbocycles. The number of ether oxygens (including phenoxy) is 1. The van der Waals surface area contributed by atoms with Crippen molar-refractivity contribution in [2.75, 3.05) is 19.1 Å². The summed E-state index contributed by atoms with van der Waals surface area (Å²) < 4.78 is 5.56. The lowest BCUT2D eigenvalue weighted by Crippen LogP contribution is -2.40. The maximum absolute atomic E-state index is 6.09. The summed E-state index contributed by atoms with van der Waals surface area (Å²) in [5, 5.41) is 0. The lowest BCUT2D eigenvalue weighted by Gasteiger charge is -2.39. The molecule has 3 heteroatoms. The van der Waals surface area contributed by atoms with Crippen LogP contribution in [0.25, 0.3) is 0 Å². The highest BCUT2D eigenvalue weighted by Crippen LogP contribution is 2.38. The first kappa shape index (κ1) is 11.5. The molecule has 0 aliphatic carbocycles. The zero-order chi connectivity index (χ0) is 9.95. The van der Waals surface area contributed by atoms with Crippen molar-refractivity contribution in [2.45, 2.75) is 38.5 Å². The lowest BCUT2D eigenvalue weighted by molar-refractivity contribution is 0.0139. The maximum Gasteiger partial charge on any atom is 0.0531 e. The molecule has 0 aromatic carbocycles. The minimum Gasteiger partial charge on any atom is -0.381 e. The molecule has 0 spiro atoms. The molecule has 1 fully saturated rings. The number of hydrogen-bond acceptors (Lipinski definition) is 1. The Balaban J connectivity index is 2.57. The van der Waals surface area contributed by atoms with Crippen LogP contribution in [0.2, 0.25) is 25.7 Å². The van der Waals surface area contributed by atoms with Gasteiger partial charge in [-0.1, -0.05) is 19.6 Å². The number of hydrogen-bond donors (Lipinski definition) is 0. The van der Waals surface area contributed by atoms with Crippen LogP contribution in [0, 0.1) is 5.41 Å². The Morgan fingerprint density at radius 1 is 1.38 bits per heavy atom. The molecule has 1 heterocycles. The molecule has 1 rings (SSSR count). The molecule has 1 atom stereocenters. The van der Waals surface area contributed by atoms with Crippen molar-refractivity contribution in [1.82, 2.24) is 0 Å². The monoisotopic (exact) mass is 220 g/mol. The van der Waals surface area contributed by atoms with Crippen LogP contribution in [0.3, 0.4) is 0 Å². The third-order valence-corrected chi connectivity index (χ3v) is 4.97. The molecular formula is C10H21ClOSi. The van der Waals surface area contributed by atoms with Crippen molar-refractivity contribution >= 4 is 19.7 Å². The van der Waals surface area contributed by atoms with E-state index in [0.717, 1.165) is 19.1 Å². The van der Waals surface area contributed by atoms with Crippen molar-refractivity contribution in [3.63, 3.8) is 0 Å². The summed E-state index contributed by atoms with van der Waals surface area (Å²) in [6, 6.07) is 1.31. The van der Waals surface area contributed by atoms with Gasteiger partial charge >= 0.3 is 0 Å². The summed E-state index contributed by atoms with van der Waals surface area (Å²) in [4.78, 5) is 0. The summed E-state index contributed by atoms with van der Waals surface area (Å²) in [5.74, 6) is 0.775. The summed E-state index contributed by atoms with van der Waals surface area (Å²) in [5.41, 5.74) is 0.310. The number of alkyl halides is 1. The van der Waals surface area contributed by atoms with Crippen LogP contribution in [-0.2, 0) is 4.74 Å². The van der Waals surface area contributed by atoms with E-state index in [4.69, 9.17) is 16.3 Å². The smallest absolute Gasteiger partial charge is 0.0531 e. The predicted octanol–water partition coefficient (Wildman–Crippen LogP) is 3.36. The first-order chi connectivity index (χ1) is 5.97. The molecule has 1 aliphatic heterocycles. The molecule has 0 radical (unpaired) electrons. The van der Waals surface area contributed by atoms with Gasteiger partial charge in [0.25, 0.3) is 0 Å². The van der Waals surface area contributed by atoms with E-state index < -0.39 is 8.07 Å². The topological polar surface area (TPSA) is 9.23 Å². The van der Waals surface area contributed by atoms with Crippen LogP contribution in [0.1, 0.15) is 12.8 Å². The summed E-state index contributed by atoms with van der Waals surface area (Å²) >= 11 is 6.09. The van der Waals surface area contributed by atoms with Gasteiger partial charge in [-0.25, -0.2) is 0 Å². The SMILES string of the molecule is C[Si](C)(C)CC1(CCl)CCCOC1. The van der Waals surface area contributed by atoms with Gasteiger partial charge < -0.3 is 4.74 Å². The molecule has 1 aliphatic rings. The summed E-state index contributed by atoms with van der Waals surface area (Å²) in [6.07, 6.45) is 2.46. The molecule has 78 valence electrons. The quantitative estimate of drug-likeness (QED) is 0.524. The Hall–Kier alpha value is 0.467. The average Bonchev–Trinajstić information content (AvgIpc) is 2.03. The van der Waals surface area contributed by atoms with Crippen LogP contribution in [0.5, 0.6) is 0 Å².